The van der Waals surface area contributed by atoms with Crippen LogP contribution in [0.5, 0.6) is 11.5 Å². The van der Waals surface area contributed by atoms with Gasteiger partial charge in [0.05, 0.1) is 18.6 Å². The SMILES string of the molecule is CC(C)c1cc2c(c(-c3ccc(F)cc3)c1C=CC(O)CC(O)CC(=O)O)OCCO2. The molecule has 0 saturated heterocycles. The van der Waals surface area contributed by atoms with Gasteiger partial charge in [0.15, 0.2) is 11.5 Å². The van der Waals surface area contributed by atoms with E-state index in [2.05, 4.69) is 0 Å². The number of carboxylic acids is 1. The number of hydrogen-bond donors (Lipinski definition) is 3. The molecule has 2 aromatic rings. The van der Waals surface area contributed by atoms with E-state index in [1.54, 1.807) is 18.2 Å². The van der Waals surface area contributed by atoms with Crippen LogP contribution in [-0.2, 0) is 4.79 Å². The molecule has 2 aromatic carbocycles. The van der Waals surface area contributed by atoms with Gasteiger partial charge in [0, 0.05) is 12.0 Å². The number of fused-ring (bicyclic) bond motifs is 1. The Labute approximate surface area is 180 Å². The number of halogens is 1. The highest BCUT2D eigenvalue weighted by molar-refractivity contribution is 5.85. The van der Waals surface area contributed by atoms with Gasteiger partial charge in [0.25, 0.3) is 0 Å². The lowest BCUT2D eigenvalue weighted by Gasteiger charge is -2.26. The number of hydrogen-bond acceptors (Lipinski definition) is 5. The van der Waals surface area contributed by atoms with Gasteiger partial charge in [-0.25, -0.2) is 4.39 Å². The number of ether oxygens (including phenoxy) is 2. The van der Waals surface area contributed by atoms with Crippen molar-refractivity contribution in [3.8, 4) is 22.6 Å². The van der Waals surface area contributed by atoms with Gasteiger partial charge in [-0.3, -0.25) is 4.79 Å². The zero-order valence-corrected chi connectivity index (χ0v) is 17.5. The molecule has 31 heavy (non-hydrogen) atoms. The number of benzene rings is 2. The fraction of sp³-hybridized carbons (Fsp3) is 0.375. The third-order valence-corrected chi connectivity index (χ3v) is 5.07. The van der Waals surface area contributed by atoms with Crippen LogP contribution < -0.4 is 9.47 Å². The highest BCUT2D eigenvalue weighted by Gasteiger charge is 2.24. The molecule has 7 heteroatoms. The van der Waals surface area contributed by atoms with Crippen LogP contribution >= 0.6 is 0 Å². The van der Waals surface area contributed by atoms with Crippen molar-refractivity contribution in [2.75, 3.05) is 13.2 Å². The van der Waals surface area contributed by atoms with Gasteiger partial charge < -0.3 is 24.8 Å². The van der Waals surface area contributed by atoms with Crippen molar-refractivity contribution in [2.24, 2.45) is 0 Å². The van der Waals surface area contributed by atoms with Gasteiger partial charge in [0.2, 0.25) is 0 Å². The van der Waals surface area contributed by atoms with Crippen molar-refractivity contribution in [1.82, 2.24) is 0 Å². The van der Waals surface area contributed by atoms with Gasteiger partial charge in [-0.05, 0) is 40.8 Å². The molecule has 1 aliphatic heterocycles. The van der Waals surface area contributed by atoms with E-state index in [0.717, 1.165) is 22.3 Å². The molecule has 0 aliphatic carbocycles. The lowest BCUT2D eigenvalue weighted by molar-refractivity contribution is -0.139. The molecular weight excluding hydrogens is 403 g/mol. The molecule has 0 saturated carbocycles. The molecule has 2 unspecified atom stereocenters. The molecule has 0 aromatic heterocycles. The van der Waals surface area contributed by atoms with Gasteiger partial charge in [-0.2, -0.15) is 0 Å². The smallest absolute Gasteiger partial charge is 0.305 e. The van der Waals surface area contributed by atoms with Gasteiger partial charge >= 0.3 is 5.97 Å². The van der Waals surface area contributed by atoms with Crippen LogP contribution in [0.3, 0.4) is 0 Å². The van der Waals surface area contributed by atoms with Crippen LogP contribution in [-0.4, -0.2) is 46.7 Å². The summed E-state index contributed by atoms with van der Waals surface area (Å²) in [6.45, 7) is 4.88. The summed E-state index contributed by atoms with van der Waals surface area (Å²) in [4.78, 5) is 10.7. The number of aliphatic hydroxyl groups is 2. The predicted molar refractivity (Wildman–Crippen MR) is 115 cm³/mol. The molecule has 0 fully saturated rings. The summed E-state index contributed by atoms with van der Waals surface area (Å²) >= 11 is 0. The lowest BCUT2D eigenvalue weighted by Crippen LogP contribution is -2.19. The number of rotatable bonds is 8. The maximum Gasteiger partial charge on any atom is 0.305 e. The molecule has 1 heterocycles. The molecule has 0 spiro atoms. The van der Waals surface area contributed by atoms with Crippen molar-refractivity contribution in [3.63, 3.8) is 0 Å². The summed E-state index contributed by atoms with van der Waals surface area (Å²) in [5.41, 5.74) is 3.22. The van der Waals surface area contributed by atoms with Crippen molar-refractivity contribution in [2.45, 2.75) is 44.8 Å². The molecule has 3 N–H and O–H groups in total. The van der Waals surface area contributed by atoms with E-state index in [9.17, 15) is 19.4 Å². The second kappa shape index (κ2) is 9.94. The fourth-order valence-electron chi connectivity index (χ4n) is 3.63. The Hall–Kier alpha value is -2.90. The fourth-order valence-corrected chi connectivity index (χ4v) is 3.63. The summed E-state index contributed by atoms with van der Waals surface area (Å²) in [6.07, 6.45) is 0.533. The second-order valence-corrected chi connectivity index (χ2v) is 7.85. The van der Waals surface area contributed by atoms with E-state index in [-0.39, 0.29) is 18.2 Å². The number of aliphatic carboxylic acids is 1. The van der Waals surface area contributed by atoms with Crippen molar-refractivity contribution in [1.29, 1.82) is 0 Å². The normalized spacial score (nSPS) is 15.3. The second-order valence-electron chi connectivity index (χ2n) is 7.85. The number of carbonyl (C=O) groups is 1. The first-order valence-corrected chi connectivity index (χ1v) is 10.2. The molecular formula is C24H27FO6. The predicted octanol–water partition coefficient (Wildman–Crippen LogP) is 3.99. The van der Waals surface area contributed by atoms with Crippen LogP contribution in [0.4, 0.5) is 4.39 Å². The van der Waals surface area contributed by atoms with Gasteiger partial charge in [-0.15, -0.1) is 0 Å². The van der Waals surface area contributed by atoms with E-state index in [1.165, 1.54) is 18.2 Å². The lowest BCUT2D eigenvalue weighted by atomic mass is 9.88. The van der Waals surface area contributed by atoms with E-state index < -0.39 is 24.6 Å². The van der Waals surface area contributed by atoms with E-state index in [4.69, 9.17) is 14.6 Å². The first kappa shape index (κ1) is 22.8. The Morgan fingerprint density at radius 2 is 1.84 bits per heavy atom. The average Bonchev–Trinajstić information content (AvgIpc) is 2.71. The zero-order valence-electron chi connectivity index (χ0n) is 17.5. The van der Waals surface area contributed by atoms with E-state index in [0.29, 0.717) is 24.7 Å². The highest BCUT2D eigenvalue weighted by atomic mass is 19.1. The Morgan fingerprint density at radius 1 is 1.16 bits per heavy atom. The summed E-state index contributed by atoms with van der Waals surface area (Å²) in [5, 5.41) is 28.9. The average molecular weight is 430 g/mol. The molecule has 166 valence electrons. The Bertz CT molecular complexity index is 952. The molecule has 0 bridgehead atoms. The first-order chi connectivity index (χ1) is 14.8. The number of carboxylic acid groups (broad SMARTS) is 1. The van der Waals surface area contributed by atoms with Crippen molar-refractivity contribution >= 4 is 12.0 Å². The van der Waals surface area contributed by atoms with Crippen molar-refractivity contribution < 1.29 is 34.0 Å². The minimum atomic E-state index is -1.15. The summed E-state index contributed by atoms with van der Waals surface area (Å²) in [5.74, 6) is -0.193. The van der Waals surface area contributed by atoms with Crippen LogP contribution in [0.1, 0.15) is 43.7 Å². The van der Waals surface area contributed by atoms with Crippen LogP contribution in [0.2, 0.25) is 0 Å². The molecule has 0 radical (unpaired) electrons. The molecule has 1 aliphatic rings. The number of aliphatic hydroxyl groups excluding tert-OH is 2. The van der Waals surface area contributed by atoms with Gasteiger partial charge in [0.1, 0.15) is 19.0 Å². The largest absolute Gasteiger partial charge is 0.486 e. The highest BCUT2D eigenvalue weighted by Crippen LogP contribution is 2.46. The maximum absolute atomic E-state index is 13.5. The zero-order chi connectivity index (χ0) is 22.5. The first-order valence-electron chi connectivity index (χ1n) is 10.2. The van der Waals surface area contributed by atoms with E-state index in [1.807, 2.05) is 19.9 Å². The quantitative estimate of drug-likeness (QED) is 0.586. The maximum atomic E-state index is 13.5. The Kier molecular flexibility index (Phi) is 7.30. The molecule has 3 rings (SSSR count). The standard InChI is InChI=1S/C24H27FO6/c1-14(2)20-13-21-24(31-10-9-30-21)23(15-3-5-16(25)6-4-15)19(20)8-7-17(26)11-18(27)12-22(28)29/h3-8,13-14,17-18,26-27H,9-12H2,1-2H3,(H,28,29). The third kappa shape index (κ3) is 5.62. The molecule has 2 atom stereocenters. The summed E-state index contributed by atoms with van der Waals surface area (Å²) in [7, 11) is 0. The summed E-state index contributed by atoms with van der Waals surface area (Å²) in [6, 6.07) is 7.99. The molecule has 6 nitrogen and oxygen atoms in total. The van der Waals surface area contributed by atoms with E-state index >= 15 is 0 Å². The minimum absolute atomic E-state index is 0.101. The summed E-state index contributed by atoms with van der Waals surface area (Å²) < 4.78 is 25.3. The third-order valence-electron chi connectivity index (χ3n) is 5.07. The van der Waals surface area contributed by atoms with Crippen LogP contribution in [0.15, 0.2) is 36.4 Å². The Morgan fingerprint density at radius 3 is 2.48 bits per heavy atom. The van der Waals surface area contributed by atoms with Crippen LogP contribution in [0.25, 0.3) is 17.2 Å². The van der Waals surface area contributed by atoms with Gasteiger partial charge in [-0.1, -0.05) is 38.1 Å². The Balaban J connectivity index is 2.06. The van der Waals surface area contributed by atoms with Crippen LogP contribution in [0, 0.1) is 5.82 Å². The topological polar surface area (TPSA) is 96.2 Å². The monoisotopic (exact) mass is 430 g/mol. The minimum Gasteiger partial charge on any atom is -0.486 e. The van der Waals surface area contributed by atoms with Crippen molar-refractivity contribution in [3.05, 3.63) is 53.4 Å². The molecule has 0 amide bonds.